The van der Waals surface area contributed by atoms with Crippen LogP contribution in [0.15, 0.2) is 97.1 Å². The molecule has 0 fully saturated rings. The Hall–Kier alpha value is -4.03. The monoisotopic (exact) mass is 461 g/mol. The zero-order valence-electron chi connectivity index (χ0n) is 20.6. The first kappa shape index (κ1) is 24.1. The van der Waals surface area contributed by atoms with E-state index in [4.69, 9.17) is 16.0 Å². The minimum absolute atomic E-state index is 0.229. The van der Waals surface area contributed by atoms with E-state index >= 15 is 0 Å². The van der Waals surface area contributed by atoms with E-state index in [0.29, 0.717) is 19.0 Å². The predicted octanol–water partition coefficient (Wildman–Crippen LogP) is 8.29. The van der Waals surface area contributed by atoms with Crippen LogP contribution < -0.4 is 9.47 Å². The van der Waals surface area contributed by atoms with Gasteiger partial charge in [0, 0.05) is 11.6 Å². The maximum atomic E-state index is 8.04. The molecule has 176 valence electrons. The molecule has 0 aliphatic carbocycles. The molecule has 4 aromatic carbocycles. The van der Waals surface area contributed by atoms with Crippen LogP contribution in [0.2, 0.25) is 0 Å². The van der Waals surface area contributed by atoms with Crippen molar-refractivity contribution in [1.29, 1.82) is 0 Å². The highest BCUT2D eigenvalue weighted by Crippen LogP contribution is 2.41. The van der Waals surface area contributed by atoms with Gasteiger partial charge in [-0.15, -0.1) is 0 Å². The van der Waals surface area contributed by atoms with Crippen LogP contribution in [-0.4, -0.2) is 0 Å². The summed E-state index contributed by atoms with van der Waals surface area (Å²) >= 11 is 0. The Morgan fingerprint density at radius 2 is 1.20 bits per heavy atom. The maximum Gasteiger partial charge on any atom is 0.277 e. The Bertz CT molecular complexity index is 1270. The fraction of sp³-hybridized carbons (Fsp3) is 0.219. The van der Waals surface area contributed by atoms with Crippen LogP contribution in [-0.2, 0) is 13.2 Å². The lowest BCUT2D eigenvalue weighted by Gasteiger charge is -2.20. The Morgan fingerprint density at radius 1 is 0.686 bits per heavy atom. The van der Waals surface area contributed by atoms with Gasteiger partial charge in [-0.05, 0) is 35.6 Å². The first-order chi connectivity index (χ1) is 17.0. The van der Waals surface area contributed by atoms with E-state index < -0.39 is 6.04 Å². The molecule has 0 radical (unpaired) electrons. The van der Waals surface area contributed by atoms with Crippen molar-refractivity contribution < 1.29 is 9.47 Å². The lowest BCUT2D eigenvalue weighted by Crippen LogP contribution is -2.07. The van der Waals surface area contributed by atoms with E-state index in [1.165, 1.54) is 5.56 Å². The Labute approximate surface area is 208 Å². The van der Waals surface area contributed by atoms with Crippen LogP contribution in [0.3, 0.4) is 0 Å². The average molecular weight is 462 g/mol. The van der Waals surface area contributed by atoms with Crippen LogP contribution in [0.4, 0.5) is 0 Å². The molecule has 0 N–H and O–H groups in total. The lowest BCUT2D eigenvalue weighted by molar-refractivity contribution is 0.285. The van der Waals surface area contributed by atoms with Crippen LogP contribution in [0.25, 0.3) is 4.85 Å². The number of ether oxygens (including phenoxy) is 2. The number of hydrogen-bond acceptors (Lipinski definition) is 2. The molecule has 4 rings (SSSR count). The van der Waals surface area contributed by atoms with Crippen molar-refractivity contribution in [2.45, 2.75) is 45.9 Å². The number of nitrogens with zero attached hydrogens (tertiary/aromatic N) is 1. The highest BCUT2D eigenvalue weighted by Gasteiger charge is 2.26. The molecular formula is C32H31NO2. The smallest absolute Gasteiger partial charge is 0.277 e. The first-order valence-electron chi connectivity index (χ1n) is 12.0. The average Bonchev–Trinajstić information content (AvgIpc) is 2.89. The molecule has 3 nitrogen and oxygen atoms in total. The van der Waals surface area contributed by atoms with Crippen molar-refractivity contribution in [2.75, 3.05) is 0 Å². The molecule has 3 heteroatoms. The Morgan fingerprint density at radius 3 is 1.69 bits per heavy atom. The van der Waals surface area contributed by atoms with Gasteiger partial charge >= 0.3 is 0 Å². The second-order valence-electron chi connectivity index (χ2n) is 9.07. The summed E-state index contributed by atoms with van der Waals surface area (Å²) in [6, 6.07) is 32.0. The molecule has 0 heterocycles. The third-order valence-electron chi connectivity index (χ3n) is 6.06. The van der Waals surface area contributed by atoms with Crippen molar-refractivity contribution in [2.24, 2.45) is 0 Å². The SMILES string of the molecule is [C-]#[N+]C(c1ccc(C)cc1)c1cc(C(C)C)c(OCc2ccccc2)cc1OCc1ccccc1. The van der Waals surface area contributed by atoms with Gasteiger partial charge in [0.15, 0.2) is 0 Å². The van der Waals surface area contributed by atoms with Crippen molar-refractivity contribution in [3.05, 3.63) is 142 Å². The van der Waals surface area contributed by atoms with Gasteiger partial charge in [0.25, 0.3) is 6.04 Å². The molecule has 0 aliphatic heterocycles. The zero-order chi connectivity index (χ0) is 24.6. The van der Waals surface area contributed by atoms with Crippen LogP contribution in [0, 0.1) is 13.5 Å². The summed E-state index contributed by atoms with van der Waals surface area (Å²) in [5.74, 6) is 1.71. The highest BCUT2D eigenvalue weighted by atomic mass is 16.5. The molecule has 0 saturated heterocycles. The van der Waals surface area contributed by atoms with Crippen LogP contribution >= 0.6 is 0 Å². The summed E-state index contributed by atoms with van der Waals surface area (Å²) in [5, 5.41) is 0. The molecule has 0 bridgehead atoms. The van der Waals surface area contributed by atoms with E-state index in [1.807, 2.05) is 66.7 Å². The van der Waals surface area contributed by atoms with Crippen molar-refractivity contribution in [1.82, 2.24) is 0 Å². The Balaban J connectivity index is 1.75. The number of rotatable bonds is 9. The third kappa shape index (κ3) is 6.11. The second kappa shape index (κ2) is 11.4. The molecule has 0 saturated carbocycles. The number of aryl methyl sites for hydroxylation is 1. The minimum atomic E-state index is -0.456. The van der Waals surface area contributed by atoms with Gasteiger partial charge in [-0.3, -0.25) is 0 Å². The van der Waals surface area contributed by atoms with Gasteiger partial charge in [0.1, 0.15) is 24.7 Å². The van der Waals surface area contributed by atoms with Gasteiger partial charge in [0.2, 0.25) is 0 Å². The second-order valence-corrected chi connectivity index (χ2v) is 9.07. The summed E-state index contributed by atoms with van der Waals surface area (Å²) < 4.78 is 12.7. The third-order valence-corrected chi connectivity index (χ3v) is 6.06. The van der Waals surface area contributed by atoms with Crippen molar-refractivity contribution in [3.8, 4) is 11.5 Å². The largest absolute Gasteiger partial charge is 0.488 e. The fourth-order valence-corrected chi connectivity index (χ4v) is 4.05. The standard InChI is InChI=1S/C32H31NO2/c1-23(2)28-19-29(32(33-4)27-17-15-24(3)16-18-27)31(35-22-26-13-9-6-10-14-26)20-30(28)34-21-25-11-7-5-8-12-25/h5-20,23,32H,21-22H2,1-3H3. The molecule has 1 atom stereocenters. The van der Waals surface area contributed by atoms with E-state index in [1.54, 1.807) is 0 Å². The first-order valence-corrected chi connectivity index (χ1v) is 12.0. The van der Waals surface area contributed by atoms with Gasteiger partial charge in [-0.2, -0.15) is 0 Å². The molecule has 1 unspecified atom stereocenters. The van der Waals surface area contributed by atoms with E-state index in [0.717, 1.165) is 33.6 Å². The summed E-state index contributed by atoms with van der Waals surface area (Å²) in [7, 11) is 0. The maximum absolute atomic E-state index is 8.04. The van der Waals surface area contributed by atoms with Gasteiger partial charge in [0.05, 0.1) is 5.56 Å². The Kier molecular flexibility index (Phi) is 7.85. The van der Waals surface area contributed by atoms with Crippen molar-refractivity contribution >= 4 is 0 Å². The van der Waals surface area contributed by atoms with E-state index in [-0.39, 0.29) is 5.92 Å². The molecule has 0 aliphatic rings. The molecule has 35 heavy (non-hydrogen) atoms. The van der Waals surface area contributed by atoms with Crippen LogP contribution in [0.5, 0.6) is 11.5 Å². The minimum Gasteiger partial charge on any atom is -0.488 e. The quantitative estimate of drug-likeness (QED) is 0.234. The van der Waals surface area contributed by atoms with Gasteiger partial charge in [-0.25, -0.2) is 6.57 Å². The predicted molar refractivity (Wildman–Crippen MR) is 142 cm³/mol. The van der Waals surface area contributed by atoms with Crippen molar-refractivity contribution in [3.63, 3.8) is 0 Å². The zero-order valence-corrected chi connectivity index (χ0v) is 20.6. The number of benzene rings is 4. The number of hydrogen-bond donors (Lipinski definition) is 0. The normalized spacial score (nSPS) is 11.6. The highest BCUT2D eigenvalue weighted by molar-refractivity contribution is 5.53. The molecule has 0 spiro atoms. The summed E-state index contributed by atoms with van der Waals surface area (Å²) in [4.78, 5) is 4.03. The molecule has 0 aromatic heterocycles. The fourth-order valence-electron chi connectivity index (χ4n) is 4.05. The molecule has 4 aromatic rings. The van der Waals surface area contributed by atoms with E-state index in [2.05, 4.69) is 55.9 Å². The lowest BCUT2D eigenvalue weighted by atomic mass is 9.92. The summed E-state index contributed by atoms with van der Waals surface area (Å²) in [6.07, 6.45) is 0. The summed E-state index contributed by atoms with van der Waals surface area (Å²) in [6.45, 7) is 15.3. The molecule has 0 amide bonds. The summed E-state index contributed by atoms with van der Waals surface area (Å²) in [5.41, 5.74) is 6.26. The topological polar surface area (TPSA) is 22.8 Å². The molecular weight excluding hydrogens is 430 g/mol. The van der Waals surface area contributed by atoms with Gasteiger partial charge < -0.3 is 14.3 Å². The van der Waals surface area contributed by atoms with Crippen LogP contribution in [0.1, 0.15) is 59.2 Å². The van der Waals surface area contributed by atoms with E-state index in [9.17, 15) is 0 Å². The van der Waals surface area contributed by atoms with Gasteiger partial charge in [-0.1, -0.05) is 104 Å².